The topological polar surface area (TPSA) is 116 Å². The standard InChI is InChI=1S/C34H24ClF2N5O2/c1-34(2)14-28-31(29(43)15-34)30(24(17-39)32(40)42(28)21-6-9-25(36)26(37)13-21)23-12-19-11-20(35)5-10-27(19)41-33(23)44-22-7-3-18(16-38)4-8-22/h3-13,30H,14-15,40H2,1-2H3. The van der Waals surface area contributed by atoms with Crippen molar-refractivity contribution in [3.63, 3.8) is 0 Å². The molecule has 2 N–H and O–H groups in total. The number of benzene rings is 3. The van der Waals surface area contributed by atoms with Gasteiger partial charge in [-0.25, -0.2) is 13.8 Å². The van der Waals surface area contributed by atoms with E-state index in [0.717, 1.165) is 12.1 Å². The van der Waals surface area contributed by atoms with Crippen LogP contribution in [0.1, 0.15) is 43.7 Å². The fraction of sp³-hybridized carbons (Fsp3) is 0.176. The van der Waals surface area contributed by atoms with Gasteiger partial charge in [-0.15, -0.1) is 0 Å². The molecule has 1 aliphatic carbocycles. The molecule has 0 bridgehead atoms. The number of ketones is 1. The lowest BCUT2D eigenvalue weighted by Crippen LogP contribution is -2.42. The second kappa shape index (κ2) is 10.8. The number of pyridine rings is 1. The molecule has 1 unspecified atom stereocenters. The largest absolute Gasteiger partial charge is 0.439 e. The quantitative estimate of drug-likeness (QED) is 0.252. The third-order valence-corrected chi connectivity index (χ3v) is 8.06. The van der Waals surface area contributed by atoms with Gasteiger partial charge >= 0.3 is 0 Å². The van der Waals surface area contributed by atoms with Crippen molar-refractivity contribution in [3.05, 3.63) is 117 Å². The highest BCUT2D eigenvalue weighted by molar-refractivity contribution is 6.31. The van der Waals surface area contributed by atoms with Crippen LogP contribution >= 0.6 is 11.6 Å². The van der Waals surface area contributed by atoms with Crippen LogP contribution in [0.5, 0.6) is 11.6 Å². The zero-order valence-electron chi connectivity index (χ0n) is 23.7. The maximum Gasteiger partial charge on any atom is 0.224 e. The maximum absolute atomic E-state index is 14.5. The van der Waals surface area contributed by atoms with E-state index >= 15 is 0 Å². The third-order valence-electron chi connectivity index (χ3n) is 7.82. The molecule has 1 atom stereocenters. The van der Waals surface area contributed by atoms with Gasteiger partial charge in [-0.2, -0.15) is 10.5 Å². The van der Waals surface area contributed by atoms with Gasteiger partial charge in [0.05, 0.1) is 40.4 Å². The van der Waals surface area contributed by atoms with E-state index in [0.29, 0.717) is 50.5 Å². The maximum atomic E-state index is 14.5. The number of hydrogen-bond donors (Lipinski definition) is 1. The molecule has 1 aliphatic heterocycles. The number of anilines is 1. The molecule has 6 rings (SSSR count). The van der Waals surface area contributed by atoms with Gasteiger partial charge in [-0.1, -0.05) is 25.4 Å². The van der Waals surface area contributed by atoms with Crippen LogP contribution in [-0.4, -0.2) is 10.8 Å². The first kappa shape index (κ1) is 28.9. The van der Waals surface area contributed by atoms with Crippen molar-refractivity contribution in [2.45, 2.75) is 32.6 Å². The highest BCUT2D eigenvalue weighted by atomic mass is 35.5. The fourth-order valence-electron chi connectivity index (χ4n) is 5.88. The molecule has 10 heteroatoms. The molecular formula is C34H24ClF2N5O2. The number of allylic oxidation sites excluding steroid dienone is 3. The van der Waals surface area contributed by atoms with Crippen molar-refractivity contribution in [2.24, 2.45) is 11.1 Å². The number of halogens is 3. The Balaban J connectivity index is 1.63. The minimum atomic E-state index is -1.09. The van der Waals surface area contributed by atoms with E-state index in [4.69, 9.17) is 27.1 Å². The highest BCUT2D eigenvalue weighted by Gasteiger charge is 2.46. The average Bonchev–Trinajstić information content (AvgIpc) is 2.98. The van der Waals surface area contributed by atoms with Crippen LogP contribution in [0.25, 0.3) is 10.9 Å². The SMILES string of the molecule is CC1(C)CC(=O)C2=C(C1)N(c1ccc(F)c(F)c1)C(N)=C(C#N)C2c1cc2cc(Cl)ccc2nc1Oc1ccc(C#N)cc1. The molecule has 0 amide bonds. The van der Waals surface area contributed by atoms with E-state index in [1.54, 1.807) is 48.5 Å². The summed E-state index contributed by atoms with van der Waals surface area (Å²) in [7, 11) is 0. The summed E-state index contributed by atoms with van der Waals surface area (Å²) < 4.78 is 34.7. The molecule has 0 radical (unpaired) electrons. The average molecular weight is 608 g/mol. The summed E-state index contributed by atoms with van der Waals surface area (Å²) in [6.45, 7) is 3.87. The van der Waals surface area contributed by atoms with Gasteiger partial charge in [0, 0.05) is 39.7 Å². The van der Waals surface area contributed by atoms with Crippen molar-refractivity contribution < 1.29 is 18.3 Å². The van der Waals surface area contributed by atoms with E-state index in [9.17, 15) is 24.1 Å². The zero-order chi connectivity index (χ0) is 31.3. The molecule has 3 aromatic carbocycles. The number of ether oxygens (including phenoxy) is 1. The van der Waals surface area contributed by atoms with E-state index in [-0.39, 0.29) is 35.2 Å². The molecule has 4 aromatic rings. The first-order chi connectivity index (χ1) is 21.0. The molecule has 0 spiro atoms. The second-order valence-electron chi connectivity index (χ2n) is 11.5. The Kier molecular flexibility index (Phi) is 7.07. The number of nitrogens with two attached hydrogens (primary N) is 1. The van der Waals surface area contributed by atoms with Gasteiger partial charge in [0.2, 0.25) is 5.88 Å². The number of rotatable bonds is 4. The lowest BCUT2D eigenvalue weighted by Gasteiger charge is -2.43. The summed E-state index contributed by atoms with van der Waals surface area (Å²) in [4.78, 5) is 20.3. The lowest BCUT2D eigenvalue weighted by molar-refractivity contribution is -0.118. The van der Waals surface area contributed by atoms with Crippen molar-refractivity contribution >= 4 is 34.0 Å². The number of fused-ring (bicyclic) bond motifs is 1. The lowest BCUT2D eigenvalue weighted by atomic mass is 9.68. The van der Waals surface area contributed by atoms with Crippen LogP contribution in [0.3, 0.4) is 0 Å². The summed E-state index contributed by atoms with van der Waals surface area (Å²) in [6, 6.07) is 20.9. The number of Topliss-reactive ketones (excluding diaryl/α,β-unsaturated/α-hetero) is 1. The molecule has 0 saturated heterocycles. The summed E-state index contributed by atoms with van der Waals surface area (Å²) in [5, 5.41) is 20.9. The van der Waals surface area contributed by atoms with Crippen LogP contribution in [0.2, 0.25) is 5.02 Å². The van der Waals surface area contributed by atoms with Crippen LogP contribution in [-0.2, 0) is 4.79 Å². The van der Waals surface area contributed by atoms with E-state index in [1.807, 2.05) is 13.8 Å². The van der Waals surface area contributed by atoms with Crippen LogP contribution < -0.4 is 15.4 Å². The van der Waals surface area contributed by atoms with Crippen molar-refractivity contribution in [1.82, 2.24) is 4.98 Å². The zero-order valence-corrected chi connectivity index (χ0v) is 24.4. The minimum absolute atomic E-state index is 0.0226. The number of aromatic nitrogens is 1. The molecule has 44 heavy (non-hydrogen) atoms. The molecule has 2 aliphatic rings. The minimum Gasteiger partial charge on any atom is -0.439 e. The van der Waals surface area contributed by atoms with Gasteiger partial charge in [0.25, 0.3) is 0 Å². The van der Waals surface area contributed by atoms with Gasteiger partial charge in [-0.05, 0) is 72.5 Å². The Morgan fingerprint density at radius 1 is 1.00 bits per heavy atom. The molecule has 0 saturated carbocycles. The smallest absolute Gasteiger partial charge is 0.224 e. The van der Waals surface area contributed by atoms with Crippen molar-refractivity contribution in [1.29, 1.82) is 10.5 Å². The second-order valence-corrected chi connectivity index (χ2v) is 12.0. The van der Waals surface area contributed by atoms with Gasteiger partial charge < -0.3 is 10.5 Å². The Labute approximate surface area is 257 Å². The van der Waals surface area contributed by atoms with Gasteiger partial charge in [0.1, 0.15) is 11.6 Å². The molecule has 0 fully saturated rings. The Hall–Kier alpha value is -5.25. The monoisotopic (exact) mass is 607 g/mol. The number of nitrogens with zero attached hydrogens (tertiary/aromatic N) is 4. The Bertz CT molecular complexity index is 2020. The molecule has 2 heterocycles. The van der Waals surface area contributed by atoms with Crippen LogP contribution in [0, 0.1) is 39.7 Å². The van der Waals surface area contributed by atoms with Crippen molar-refractivity contribution in [3.8, 4) is 23.8 Å². The predicted octanol–water partition coefficient (Wildman–Crippen LogP) is 7.77. The molecule has 218 valence electrons. The normalized spacial score (nSPS) is 17.8. The summed E-state index contributed by atoms with van der Waals surface area (Å²) in [5.41, 5.74) is 8.60. The third kappa shape index (κ3) is 5.02. The summed E-state index contributed by atoms with van der Waals surface area (Å²) in [6.07, 6.45) is 0.548. The Morgan fingerprint density at radius 2 is 1.75 bits per heavy atom. The molecule has 1 aromatic heterocycles. The van der Waals surface area contributed by atoms with Gasteiger partial charge in [0.15, 0.2) is 17.4 Å². The molecule has 7 nitrogen and oxygen atoms in total. The van der Waals surface area contributed by atoms with E-state index in [2.05, 4.69) is 12.1 Å². The fourth-order valence-corrected chi connectivity index (χ4v) is 6.06. The van der Waals surface area contributed by atoms with E-state index < -0.39 is 23.0 Å². The number of carbonyl (C=O) groups excluding carboxylic acids is 1. The summed E-state index contributed by atoms with van der Waals surface area (Å²) >= 11 is 6.32. The number of hydrogen-bond acceptors (Lipinski definition) is 7. The summed E-state index contributed by atoms with van der Waals surface area (Å²) in [5.74, 6) is -2.84. The predicted molar refractivity (Wildman–Crippen MR) is 161 cm³/mol. The van der Waals surface area contributed by atoms with Crippen LogP contribution in [0.15, 0.2) is 89.4 Å². The van der Waals surface area contributed by atoms with Crippen LogP contribution in [0.4, 0.5) is 14.5 Å². The first-order valence-electron chi connectivity index (χ1n) is 13.7. The van der Waals surface area contributed by atoms with Gasteiger partial charge in [-0.3, -0.25) is 9.69 Å². The number of carbonyl (C=O) groups is 1. The first-order valence-corrected chi connectivity index (χ1v) is 14.1. The van der Waals surface area contributed by atoms with Crippen molar-refractivity contribution in [2.75, 3.05) is 4.90 Å². The Morgan fingerprint density at radius 3 is 2.43 bits per heavy atom. The van der Waals surface area contributed by atoms with E-state index in [1.165, 1.54) is 11.0 Å². The molecular weight excluding hydrogens is 584 g/mol. The highest BCUT2D eigenvalue weighted by Crippen LogP contribution is 2.52. The number of nitriles is 2.